The van der Waals surface area contributed by atoms with Crippen LogP contribution in [0.2, 0.25) is 0 Å². The van der Waals surface area contributed by atoms with E-state index in [9.17, 15) is 8.42 Å². The van der Waals surface area contributed by atoms with Crippen molar-refractivity contribution in [3.05, 3.63) is 29.6 Å². The predicted octanol–water partition coefficient (Wildman–Crippen LogP) is 1.63. The van der Waals surface area contributed by atoms with Gasteiger partial charge < -0.3 is 9.47 Å². The highest BCUT2D eigenvalue weighted by Crippen LogP contribution is 2.41. The number of aromatic nitrogens is 1. The molecule has 1 aromatic rings. The molecule has 1 aromatic heterocycles. The first-order valence-corrected chi connectivity index (χ1v) is 10.1. The fourth-order valence-electron chi connectivity index (χ4n) is 3.58. The first-order valence-electron chi connectivity index (χ1n) is 8.64. The highest BCUT2D eigenvalue weighted by atomic mass is 32.2. The maximum atomic E-state index is 12.3. The Balaban J connectivity index is 1.32. The summed E-state index contributed by atoms with van der Waals surface area (Å²) in [5, 5.41) is -0.141. The van der Waals surface area contributed by atoms with Crippen molar-refractivity contribution in [1.82, 2.24) is 9.29 Å². The summed E-state index contributed by atoms with van der Waals surface area (Å²) >= 11 is 0. The van der Waals surface area contributed by atoms with Gasteiger partial charge in [0.25, 0.3) is 0 Å². The third-order valence-electron chi connectivity index (χ3n) is 5.10. The summed E-state index contributed by atoms with van der Waals surface area (Å²) in [6.45, 7) is 4.05. The second-order valence-electron chi connectivity index (χ2n) is 7.24. The fourth-order valence-corrected chi connectivity index (χ4v) is 5.57. The van der Waals surface area contributed by atoms with Crippen molar-refractivity contribution in [2.24, 2.45) is 0 Å². The molecule has 2 aliphatic heterocycles. The van der Waals surface area contributed by atoms with E-state index in [4.69, 9.17) is 9.47 Å². The second kappa shape index (κ2) is 6.05. The Labute approximate surface area is 143 Å². The van der Waals surface area contributed by atoms with E-state index in [1.807, 2.05) is 25.1 Å². The lowest BCUT2D eigenvalue weighted by Crippen LogP contribution is -2.67. The van der Waals surface area contributed by atoms with E-state index >= 15 is 0 Å². The van der Waals surface area contributed by atoms with Crippen LogP contribution in [0.5, 0.6) is 0 Å². The normalized spacial score (nSPS) is 27.1. The molecule has 1 atom stereocenters. The lowest BCUT2D eigenvalue weighted by molar-refractivity contribution is -0.180. The van der Waals surface area contributed by atoms with Crippen LogP contribution < -0.4 is 0 Å². The molecular weight excluding hydrogens is 328 g/mol. The molecule has 0 N–H and O–H groups in total. The third-order valence-corrected chi connectivity index (χ3v) is 7.39. The molecule has 132 valence electrons. The molecule has 1 spiro atoms. The number of nitrogens with zero attached hydrogens (tertiary/aromatic N) is 2. The monoisotopic (exact) mass is 352 g/mol. The van der Waals surface area contributed by atoms with Crippen molar-refractivity contribution >= 4 is 10.0 Å². The molecule has 0 radical (unpaired) electrons. The van der Waals surface area contributed by atoms with Gasteiger partial charge in [-0.25, -0.2) is 8.42 Å². The van der Waals surface area contributed by atoms with E-state index in [1.165, 1.54) is 0 Å². The van der Waals surface area contributed by atoms with Gasteiger partial charge in [-0.05, 0) is 38.3 Å². The van der Waals surface area contributed by atoms with Crippen molar-refractivity contribution in [1.29, 1.82) is 0 Å². The van der Waals surface area contributed by atoms with Crippen LogP contribution in [-0.4, -0.2) is 54.4 Å². The largest absolute Gasteiger partial charge is 0.372 e. The summed E-state index contributed by atoms with van der Waals surface area (Å²) in [7, 11) is -3.08. The molecule has 1 aliphatic carbocycles. The lowest BCUT2D eigenvalue weighted by atomic mass is 9.86. The van der Waals surface area contributed by atoms with Gasteiger partial charge in [-0.15, -0.1) is 0 Å². The van der Waals surface area contributed by atoms with Gasteiger partial charge in [0.2, 0.25) is 10.0 Å². The summed E-state index contributed by atoms with van der Waals surface area (Å²) in [5.74, 6) is 0. The molecule has 4 rings (SSSR count). The first kappa shape index (κ1) is 16.4. The molecular formula is C17H24N2O4S. The van der Waals surface area contributed by atoms with Crippen LogP contribution in [0.1, 0.15) is 37.1 Å². The van der Waals surface area contributed by atoms with Gasteiger partial charge >= 0.3 is 0 Å². The molecule has 0 bridgehead atoms. The van der Waals surface area contributed by atoms with Crippen LogP contribution in [0.25, 0.3) is 0 Å². The van der Waals surface area contributed by atoms with E-state index in [-0.39, 0.29) is 17.0 Å². The maximum Gasteiger partial charge on any atom is 0.217 e. The van der Waals surface area contributed by atoms with Crippen LogP contribution in [0.4, 0.5) is 0 Å². The van der Waals surface area contributed by atoms with Gasteiger partial charge in [-0.3, -0.25) is 4.98 Å². The quantitative estimate of drug-likeness (QED) is 0.806. The van der Waals surface area contributed by atoms with Crippen molar-refractivity contribution in [2.45, 2.75) is 56.2 Å². The van der Waals surface area contributed by atoms with E-state index in [0.717, 1.165) is 37.1 Å². The zero-order valence-electron chi connectivity index (χ0n) is 14.0. The van der Waals surface area contributed by atoms with Gasteiger partial charge in [-0.2, -0.15) is 4.31 Å². The highest BCUT2D eigenvalue weighted by molar-refractivity contribution is 7.90. The summed E-state index contributed by atoms with van der Waals surface area (Å²) in [4.78, 5) is 4.45. The highest BCUT2D eigenvalue weighted by Gasteiger charge is 2.54. The minimum absolute atomic E-state index is 0.104. The van der Waals surface area contributed by atoms with Crippen molar-refractivity contribution in [3.63, 3.8) is 0 Å². The molecule has 6 nitrogen and oxygen atoms in total. The van der Waals surface area contributed by atoms with Crippen LogP contribution >= 0.6 is 0 Å². The average Bonchev–Trinajstić information content (AvgIpc) is 3.36. The molecule has 2 saturated heterocycles. The number of ether oxygens (including phenoxy) is 2. The van der Waals surface area contributed by atoms with E-state index in [1.54, 1.807) is 4.31 Å². The Hall–Kier alpha value is -1.02. The minimum atomic E-state index is -3.08. The van der Waals surface area contributed by atoms with Crippen molar-refractivity contribution in [3.8, 4) is 0 Å². The molecule has 0 aromatic carbocycles. The van der Waals surface area contributed by atoms with Crippen molar-refractivity contribution < 1.29 is 17.9 Å². The predicted molar refractivity (Wildman–Crippen MR) is 89.0 cm³/mol. The number of sulfonamides is 1. The Kier molecular flexibility index (Phi) is 4.15. The van der Waals surface area contributed by atoms with Crippen LogP contribution in [0.3, 0.4) is 0 Å². The second-order valence-corrected chi connectivity index (χ2v) is 9.45. The smallest absolute Gasteiger partial charge is 0.217 e. The number of rotatable bonds is 5. The van der Waals surface area contributed by atoms with Gasteiger partial charge in [0, 0.05) is 31.8 Å². The van der Waals surface area contributed by atoms with E-state index in [0.29, 0.717) is 26.3 Å². The van der Waals surface area contributed by atoms with Crippen LogP contribution in [0.15, 0.2) is 18.2 Å². The number of hydrogen-bond acceptors (Lipinski definition) is 5. The zero-order valence-corrected chi connectivity index (χ0v) is 14.8. The first-order chi connectivity index (χ1) is 11.5. The lowest BCUT2D eigenvalue weighted by Gasteiger charge is -2.52. The van der Waals surface area contributed by atoms with Gasteiger partial charge in [0.1, 0.15) is 0 Å². The molecule has 3 heterocycles. The van der Waals surface area contributed by atoms with E-state index in [2.05, 4.69) is 4.98 Å². The van der Waals surface area contributed by atoms with Gasteiger partial charge in [-0.1, -0.05) is 6.07 Å². The fraction of sp³-hybridized carbons (Fsp3) is 0.706. The van der Waals surface area contributed by atoms with Crippen LogP contribution in [0, 0.1) is 6.92 Å². The number of hydrogen-bond donors (Lipinski definition) is 0. The minimum Gasteiger partial charge on any atom is -0.372 e. The Bertz CT molecular complexity index is 711. The molecule has 0 unspecified atom stereocenters. The Morgan fingerprint density at radius 1 is 1.33 bits per heavy atom. The topological polar surface area (TPSA) is 68.7 Å². The number of aryl methyl sites for hydroxylation is 1. The zero-order chi connectivity index (χ0) is 16.8. The maximum absolute atomic E-state index is 12.3. The number of pyridine rings is 1. The summed E-state index contributed by atoms with van der Waals surface area (Å²) in [5.41, 5.74) is 1.58. The Morgan fingerprint density at radius 3 is 2.83 bits per heavy atom. The average molecular weight is 352 g/mol. The standard InChI is InChI=1S/C17H24N2O4S/c1-13-3-2-4-14(18-13)10-22-15-7-8-23-17(9-15)11-19(12-17)24(20,21)16-5-6-16/h2-4,15-16H,5-12H2,1H3/t15-/m0/s1. The molecule has 1 saturated carbocycles. The van der Waals surface area contributed by atoms with Crippen molar-refractivity contribution in [2.75, 3.05) is 19.7 Å². The summed E-state index contributed by atoms with van der Waals surface area (Å²) in [6.07, 6.45) is 3.33. The SMILES string of the molecule is Cc1cccc(CO[C@H]2CCOC3(C2)CN(S(=O)(=O)C2CC2)C3)n1. The summed E-state index contributed by atoms with van der Waals surface area (Å²) in [6, 6.07) is 5.92. The molecule has 3 fully saturated rings. The molecule has 7 heteroatoms. The summed E-state index contributed by atoms with van der Waals surface area (Å²) < 4.78 is 38.1. The molecule has 24 heavy (non-hydrogen) atoms. The Morgan fingerprint density at radius 2 is 2.12 bits per heavy atom. The van der Waals surface area contributed by atoms with Crippen LogP contribution in [-0.2, 0) is 26.1 Å². The molecule has 0 amide bonds. The third kappa shape index (κ3) is 3.22. The van der Waals surface area contributed by atoms with E-state index < -0.39 is 10.0 Å². The molecule has 3 aliphatic rings. The van der Waals surface area contributed by atoms with Gasteiger partial charge in [0.15, 0.2) is 0 Å². The van der Waals surface area contributed by atoms with Gasteiger partial charge in [0.05, 0.1) is 29.3 Å².